The molecule has 6 heteroatoms. The zero-order chi connectivity index (χ0) is 26.2. The number of nitrogens with zero attached hydrogens (tertiary/aromatic N) is 1. The second-order valence-electron chi connectivity index (χ2n) is 10.9. The largest absolute Gasteiger partial charge is 0.463 e. The standard InChI is InChI=1S/C31H56NO4S/c1-2-3-4-5-6-7-8-9-10-11-12-13-14-15-19-22-31-35-27-29(36-31)26-34-30(33)21-18-16-17-20-23-32-24-25-37-28-32/h24-25,28-29,31H,2-23,26-27H2,1H3/q+1. The van der Waals surface area contributed by atoms with E-state index in [4.69, 9.17) is 14.2 Å². The summed E-state index contributed by atoms with van der Waals surface area (Å²) < 4.78 is 19.3. The van der Waals surface area contributed by atoms with E-state index in [-0.39, 0.29) is 18.4 Å². The molecule has 0 spiro atoms. The van der Waals surface area contributed by atoms with Crippen LogP contribution in [0.1, 0.15) is 142 Å². The fraction of sp³-hybridized carbons (Fsp3) is 0.871. The summed E-state index contributed by atoms with van der Waals surface area (Å²) in [6.07, 6.45) is 28.3. The van der Waals surface area contributed by atoms with Crippen LogP contribution >= 0.6 is 11.3 Å². The summed E-state index contributed by atoms with van der Waals surface area (Å²) in [5, 5.41) is 2.10. The van der Waals surface area contributed by atoms with Gasteiger partial charge in [-0.05, 0) is 25.7 Å². The first kappa shape index (κ1) is 32.2. The topological polar surface area (TPSA) is 48.6 Å². The van der Waals surface area contributed by atoms with Gasteiger partial charge in [0.05, 0.1) is 12.0 Å². The molecule has 0 saturated carbocycles. The van der Waals surface area contributed by atoms with Gasteiger partial charge < -0.3 is 14.2 Å². The lowest BCUT2D eigenvalue weighted by Crippen LogP contribution is -2.29. The Bertz CT molecular complexity index is 639. The van der Waals surface area contributed by atoms with Gasteiger partial charge in [-0.15, -0.1) is 0 Å². The van der Waals surface area contributed by atoms with E-state index in [2.05, 4.69) is 28.6 Å². The minimum absolute atomic E-state index is 0.104. The third-order valence-corrected chi connectivity index (χ3v) is 8.03. The zero-order valence-electron chi connectivity index (χ0n) is 23.8. The second kappa shape index (κ2) is 23.0. The number of carbonyl (C=O) groups excluding carboxylic acids is 1. The van der Waals surface area contributed by atoms with Crippen molar-refractivity contribution < 1.29 is 23.6 Å². The number of rotatable bonds is 25. The van der Waals surface area contributed by atoms with E-state index in [9.17, 15) is 4.79 Å². The summed E-state index contributed by atoms with van der Waals surface area (Å²) in [6.45, 7) is 4.21. The molecule has 0 bridgehead atoms. The molecule has 5 nitrogen and oxygen atoms in total. The predicted molar refractivity (Wildman–Crippen MR) is 153 cm³/mol. The maximum Gasteiger partial charge on any atom is 0.305 e. The minimum atomic E-state index is -0.119. The predicted octanol–water partition coefficient (Wildman–Crippen LogP) is 8.53. The van der Waals surface area contributed by atoms with Gasteiger partial charge in [0.15, 0.2) is 12.5 Å². The van der Waals surface area contributed by atoms with Crippen molar-refractivity contribution in [1.29, 1.82) is 0 Å². The number of carbonyl (C=O) groups is 1. The number of thiazole rings is 1. The molecule has 0 N–H and O–H groups in total. The van der Waals surface area contributed by atoms with Crippen LogP contribution in [0.25, 0.3) is 0 Å². The van der Waals surface area contributed by atoms with E-state index in [0.29, 0.717) is 19.6 Å². The molecule has 2 rings (SSSR count). The Kier molecular flexibility index (Phi) is 20.0. The molecule has 1 aromatic rings. The van der Waals surface area contributed by atoms with Gasteiger partial charge in [0, 0.05) is 12.8 Å². The SMILES string of the molecule is CCCCCCCCCCCCCCCCCC1OCC(COC(=O)CCCCCC[n+]2ccsc2)O1. The van der Waals surface area contributed by atoms with Crippen molar-refractivity contribution in [3.05, 3.63) is 17.1 Å². The van der Waals surface area contributed by atoms with Gasteiger partial charge in [-0.3, -0.25) is 4.79 Å². The van der Waals surface area contributed by atoms with Crippen molar-refractivity contribution in [3.63, 3.8) is 0 Å². The highest BCUT2D eigenvalue weighted by molar-refractivity contribution is 7.07. The van der Waals surface area contributed by atoms with Crippen molar-refractivity contribution >= 4 is 17.3 Å². The highest BCUT2D eigenvalue weighted by Crippen LogP contribution is 2.19. The second-order valence-corrected chi connectivity index (χ2v) is 11.6. The zero-order valence-corrected chi connectivity index (χ0v) is 24.7. The van der Waals surface area contributed by atoms with E-state index in [1.807, 2.05) is 0 Å². The van der Waals surface area contributed by atoms with Crippen LogP contribution in [0.4, 0.5) is 0 Å². The lowest BCUT2D eigenvalue weighted by molar-refractivity contribution is -0.692. The van der Waals surface area contributed by atoms with Crippen LogP contribution in [0.15, 0.2) is 17.1 Å². The maximum atomic E-state index is 12.0. The van der Waals surface area contributed by atoms with Crippen LogP contribution in [0.2, 0.25) is 0 Å². The van der Waals surface area contributed by atoms with Crippen LogP contribution in [-0.4, -0.2) is 31.6 Å². The average Bonchev–Trinajstić information content (AvgIpc) is 3.59. The third-order valence-electron chi connectivity index (χ3n) is 7.36. The molecular weight excluding hydrogens is 482 g/mol. The van der Waals surface area contributed by atoms with Gasteiger partial charge in [0.2, 0.25) is 5.51 Å². The Labute approximate surface area is 231 Å². The summed E-state index contributed by atoms with van der Waals surface area (Å²) >= 11 is 1.72. The fourth-order valence-electron chi connectivity index (χ4n) is 4.99. The summed E-state index contributed by atoms with van der Waals surface area (Å²) in [4.78, 5) is 12.0. The number of hydrogen-bond acceptors (Lipinski definition) is 5. The summed E-state index contributed by atoms with van der Waals surface area (Å²) in [5.41, 5.74) is 2.14. The van der Waals surface area contributed by atoms with Gasteiger partial charge in [0.25, 0.3) is 0 Å². The molecule has 214 valence electrons. The third kappa shape index (κ3) is 18.0. The number of ether oxygens (including phenoxy) is 3. The van der Waals surface area contributed by atoms with Crippen LogP contribution in [0, 0.1) is 0 Å². The lowest BCUT2D eigenvalue weighted by Gasteiger charge is -2.12. The average molecular weight is 539 g/mol. The molecule has 2 atom stereocenters. The number of esters is 1. The number of hydrogen-bond donors (Lipinski definition) is 0. The maximum absolute atomic E-state index is 12.0. The van der Waals surface area contributed by atoms with Crippen LogP contribution < -0.4 is 4.57 Å². The molecule has 1 fully saturated rings. The molecule has 1 aliphatic rings. The first-order chi connectivity index (χ1) is 18.3. The molecule has 0 aromatic carbocycles. The summed E-state index contributed by atoms with van der Waals surface area (Å²) in [7, 11) is 0. The number of aromatic nitrogens is 1. The quantitative estimate of drug-likeness (QED) is 0.0711. The number of aryl methyl sites for hydroxylation is 1. The number of unbranched alkanes of at least 4 members (excludes halogenated alkanes) is 17. The Balaban J connectivity index is 1.29. The first-order valence-corrected chi connectivity index (χ1v) is 16.6. The summed E-state index contributed by atoms with van der Waals surface area (Å²) in [6, 6.07) is 0. The van der Waals surface area contributed by atoms with Crippen molar-refractivity contribution in [2.45, 2.75) is 161 Å². The van der Waals surface area contributed by atoms with E-state index < -0.39 is 0 Å². The van der Waals surface area contributed by atoms with Gasteiger partial charge >= 0.3 is 5.97 Å². The van der Waals surface area contributed by atoms with Crippen LogP contribution in [-0.2, 0) is 25.5 Å². The van der Waals surface area contributed by atoms with E-state index in [1.54, 1.807) is 11.3 Å². The monoisotopic (exact) mass is 538 g/mol. The van der Waals surface area contributed by atoms with Gasteiger partial charge in [0.1, 0.15) is 19.3 Å². The summed E-state index contributed by atoms with van der Waals surface area (Å²) in [5.74, 6) is -0.110. The molecule has 37 heavy (non-hydrogen) atoms. The van der Waals surface area contributed by atoms with Crippen molar-refractivity contribution in [2.24, 2.45) is 0 Å². The van der Waals surface area contributed by atoms with Crippen LogP contribution in [0.3, 0.4) is 0 Å². The molecule has 0 amide bonds. The Morgan fingerprint density at radius 3 is 2.05 bits per heavy atom. The molecular formula is C31H56NO4S+. The molecule has 0 radical (unpaired) electrons. The van der Waals surface area contributed by atoms with E-state index >= 15 is 0 Å². The minimum Gasteiger partial charge on any atom is -0.463 e. The van der Waals surface area contributed by atoms with Crippen molar-refractivity contribution in [2.75, 3.05) is 13.2 Å². The van der Waals surface area contributed by atoms with Crippen molar-refractivity contribution in [3.8, 4) is 0 Å². The van der Waals surface area contributed by atoms with Gasteiger partial charge in [-0.25, -0.2) is 0 Å². The first-order valence-electron chi connectivity index (χ1n) is 15.6. The lowest BCUT2D eigenvalue weighted by atomic mass is 10.0. The van der Waals surface area contributed by atoms with Crippen molar-refractivity contribution in [1.82, 2.24) is 0 Å². The van der Waals surface area contributed by atoms with Crippen LogP contribution in [0.5, 0.6) is 0 Å². The highest BCUT2D eigenvalue weighted by Gasteiger charge is 2.26. The molecule has 1 saturated heterocycles. The van der Waals surface area contributed by atoms with E-state index in [0.717, 1.165) is 45.1 Å². The van der Waals surface area contributed by atoms with Gasteiger partial charge in [-0.2, -0.15) is 4.57 Å². The normalized spacial score (nSPS) is 17.4. The van der Waals surface area contributed by atoms with E-state index in [1.165, 1.54) is 89.9 Å². The Morgan fingerprint density at radius 1 is 0.838 bits per heavy atom. The Hall–Kier alpha value is -0.980. The molecule has 2 unspecified atom stereocenters. The smallest absolute Gasteiger partial charge is 0.305 e. The molecule has 1 aromatic heterocycles. The van der Waals surface area contributed by atoms with Gasteiger partial charge in [-0.1, -0.05) is 115 Å². The Morgan fingerprint density at radius 2 is 1.43 bits per heavy atom. The highest BCUT2D eigenvalue weighted by atomic mass is 32.1. The molecule has 1 aliphatic heterocycles. The molecule has 0 aliphatic carbocycles. The molecule has 2 heterocycles. The fourth-order valence-corrected chi connectivity index (χ4v) is 5.62.